The molecule has 2 amide bonds. The highest BCUT2D eigenvalue weighted by molar-refractivity contribution is 9.10. The molecule has 1 aliphatic rings. The Balaban J connectivity index is 1.44. The molecule has 0 saturated carbocycles. The minimum atomic E-state index is -1.71. The molecule has 0 radical (unpaired) electrons. The number of ketones is 1. The maximum atomic E-state index is 15.6. The standard InChI is InChI=1S/C29H29BrFN7O3/c1-5-29(31)11-23(28(41)35-27-16(2)6-9-24(30)34-27)37(15-29)25(40)14-38-22-8-7-19(20-12-32-18(4)33-13-20)10-21(22)26(36-38)17(3)39/h6-10,12-13,23H,5,11,14-15H2,1-4H3,(H,34,35,41)/t23-,29-/m0/s1. The molecule has 1 aliphatic heterocycles. The summed E-state index contributed by atoms with van der Waals surface area (Å²) in [6, 6.07) is 7.95. The van der Waals surface area contributed by atoms with Gasteiger partial charge in [-0.05, 0) is 65.5 Å². The van der Waals surface area contributed by atoms with E-state index in [1.165, 1.54) is 16.5 Å². The molecule has 0 spiro atoms. The van der Waals surface area contributed by atoms with Crippen LogP contribution in [-0.4, -0.2) is 65.5 Å². The third-order valence-corrected chi connectivity index (χ3v) is 7.88. The lowest BCUT2D eigenvalue weighted by Gasteiger charge is -2.24. The average Bonchev–Trinajstić information content (AvgIpc) is 3.49. The Morgan fingerprint density at radius 3 is 2.54 bits per heavy atom. The molecule has 10 nitrogen and oxygen atoms in total. The van der Waals surface area contributed by atoms with E-state index in [9.17, 15) is 14.4 Å². The maximum Gasteiger partial charge on any atom is 0.248 e. The lowest BCUT2D eigenvalue weighted by Crippen LogP contribution is -2.45. The summed E-state index contributed by atoms with van der Waals surface area (Å²) >= 11 is 3.30. The SMILES string of the molecule is CC[C@]1(F)C[C@@H](C(=O)Nc2nc(Br)ccc2C)N(C(=O)Cn2nc(C(C)=O)c3cc(-c4cnc(C)nc4)ccc32)C1. The smallest absolute Gasteiger partial charge is 0.248 e. The molecular formula is C29H29BrFN7O3. The summed E-state index contributed by atoms with van der Waals surface area (Å²) in [5, 5.41) is 7.78. The molecule has 212 valence electrons. The van der Waals surface area contributed by atoms with E-state index in [4.69, 9.17) is 0 Å². The minimum absolute atomic E-state index is 0.130. The van der Waals surface area contributed by atoms with E-state index in [2.05, 4.69) is 41.3 Å². The van der Waals surface area contributed by atoms with Gasteiger partial charge in [0.25, 0.3) is 0 Å². The van der Waals surface area contributed by atoms with Crippen molar-refractivity contribution in [2.24, 2.45) is 0 Å². The number of halogens is 2. The lowest BCUT2D eigenvalue weighted by molar-refractivity contribution is -0.137. The summed E-state index contributed by atoms with van der Waals surface area (Å²) in [6.45, 7) is 6.20. The number of Topliss-reactive ketones (excluding diaryl/α,β-unsaturated/α-hetero) is 1. The fraction of sp³-hybridized carbons (Fsp3) is 0.345. The van der Waals surface area contributed by atoms with Crippen molar-refractivity contribution in [1.29, 1.82) is 0 Å². The van der Waals surface area contributed by atoms with Crippen LogP contribution in [0.25, 0.3) is 22.0 Å². The predicted molar refractivity (Wildman–Crippen MR) is 155 cm³/mol. The molecule has 41 heavy (non-hydrogen) atoms. The second kappa shape index (κ2) is 11.1. The van der Waals surface area contributed by atoms with E-state index >= 15 is 4.39 Å². The molecular weight excluding hydrogens is 593 g/mol. The number of hydrogen-bond acceptors (Lipinski definition) is 7. The molecule has 0 unspecified atom stereocenters. The van der Waals surface area contributed by atoms with Gasteiger partial charge in [-0.25, -0.2) is 19.3 Å². The first-order valence-corrected chi connectivity index (χ1v) is 14.0. The summed E-state index contributed by atoms with van der Waals surface area (Å²) in [5.41, 5.74) is 1.37. The fourth-order valence-electron chi connectivity index (χ4n) is 5.02. The van der Waals surface area contributed by atoms with Crippen molar-refractivity contribution in [1.82, 2.24) is 29.6 Å². The zero-order valence-corrected chi connectivity index (χ0v) is 24.7. The molecule has 0 aliphatic carbocycles. The molecule has 4 heterocycles. The van der Waals surface area contributed by atoms with Crippen LogP contribution in [0.4, 0.5) is 10.2 Å². The Labute approximate surface area is 244 Å². The second-order valence-corrected chi connectivity index (χ2v) is 11.2. The van der Waals surface area contributed by atoms with Gasteiger partial charge in [0.05, 0.1) is 12.1 Å². The number of rotatable bonds is 7. The molecule has 1 N–H and O–H groups in total. The Kier molecular flexibility index (Phi) is 7.69. The number of nitrogens with zero attached hydrogens (tertiary/aromatic N) is 6. The van der Waals surface area contributed by atoms with Gasteiger partial charge >= 0.3 is 0 Å². The van der Waals surface area contributed by atoms with Crippen LogP contribution in [0.1, 0.15) is 48.6 Å². The molecule has 5 rings (SSSR count). The molecule has 0 bridgehead atoms. The normalized spacial score (nSPS) is 18.6. The van der Waals surface area contributed by atoms with Crippen LogP contribution in [0.2, 0.25) is 0 Å². The van der Waals surface area contributed by atoms with Crippen LogP contribution in [0.3, 0.4) is 0 Å². The highest BCUT2D eigenvalue weighted by atomic mass is 79.9. The Hall–Kier alpha value is -4.06. The van der Waals surface area contributed by atoms with Crippen molar-refractivity contribution in [2.75, 3.05) is 11.9 Å². The number of carbonyl (C=O) groups excluding carboxylic acids is 3. The number of amides is 2. The number of fused-ring (bicyclic) bond motifs is 1. The Morgan fingerprint density at radius 1 is 1.12 bits per heavy atom. The van der Waals surface area contributed by atoms with Gasteiger partial charge in [-0.3, -0.25) is 19.1 Å². The van der Waals surface area contributed by atoms with Crippen molar-refractivity contribution in [2.45, 2.75) is 58.8 Å². The van der Waals surface area contributed by atoms with Crippen molar-refractivity contribution in [3.63, 3.8) is 0 Å². The van der Waals surface area contributed by atoms with Crippen LogP contribution in [0.15, 0.2) is 47.3 Å². The number of pyridine rings is 1. The monoisotopic (exact) mass is 621 g/mol. The van der Waals surface area contributed by atoms with E-state index in [0.29, 0.717) is 27.1 Å². The van der Waals surface area contributed by atoms with Crippen LogP contribution < -0.4 is 5.32 Å². The van der Waals surface area contributed by atoms with Gasteiger partial charge in [-0.1, -0.05) is 19.1 Å². The zero-order chi connectivity index (χ0) is 29.5. The van der Waals surface area contributed by atoms with E-state index in [1.54, 1.807) is 51.4 Å². The third kappa shape index (κ3) is 5.74. The van der Waals surface area contributed by atoms with Crippen LogP contribution >= 0.6 is 15.9 Å². The number of hydrogen-bond donors (Lipinski definition) is 1. The second-order valence-electron chi connectivity index (χ2n) is 10.3. The van der Waals surface area contributed by atoms with Gasteiger partial charge in [0.15, 0.2) is 5.78 Å². The number of benzene rings is 1. The Morgan fingerprint density at radius 2 is 1.85 bits per heavy atom. The van der Waals surface area contributed by atoms with Crippen molar-refractivity contribution in [3.05, 3.63) is 64.4 Å². The van der Waals surface area contributed by atoms with Crippen LogP contribution in [0.5, 0.6) is 0 Å². The number of alkyl halides is 1. The van der Waals surface area contributed by atoms with Crippen molar-refractivity contribution < 1.29 is 18.8 Å². The van der Waals surface area contributed by atoms with Gasteiger partial charge in [0.2, 0.25) is 11.8 Å². The molecule has 3 aromatic heterocycles. The van der Waals surface area contributed by atoms with E-state index < -0.39 is 23.5 Å². The quantitative estimate of drug-likeness (QED) is 0.232. The Bertz CT molecular complexity index is 1670. The van der Waals surface area contributed by atoms with E-state index in [-0.39, 0.29) is 37.4 Å². The van der Waals surface area contributed by atoms with E-state index in [1.807, 2.05) is 12.1 Å². The average molecular weight is 622 g/mol. The first-order chi connectivity index (χ1) is 19.5. The first-order valence-electron chi connectivity index (χ1n) is 13.2. The topological polar surface area (TPSA) is 123 Å². The summed E-state index contributed by atoms with van der Waals surface area (Å²) in [6.07, 6.45) is 3.42. The number of aryl methyl sites for hydroxylation is 2. The molecule has 1 saturated heterocycles. The number of anilines is 1. The minimum Gasteiger partial charge on any atom is -0.326 e. The highest BCUT2D eigenvalue weighted by Crippen LogP contribution is 2.35. The zero-order valence-electron chi connectivity index (χ0n) is 23.1. The van der Waals surface area contributed by atoms with Crippen molar-refractivity contribution >= 4 is 50.2 Å². The highest BCUT2D eigenvalue weighted by Gasteiger charge is 2.48. The summed E-state index contributed by atoms with van der Waals surface area (Å²) in [7, 11) is 0. The third-order valence-electron chi connectivity index (χ3n) is 7.43. The number of carbonyl (C=O) groups is 3. The van der Waals surface area contributed by atoms with Gasteiger partial charge in [-0.2, -0.15) is 5.10 Å². The largest absolute Gasteiger partial charge is 0.326 e. The van der Waals surface area contributed by atoms with Gasteiger partial charge in [0.1, 0.15) is 40.2 Å². The van der Waals surface area contributed by atoms with Crippen LogP contribution in [-0.2, 0) is 16.1 Å². The summed E-state index contributed by atoms with van der Waals surface area (Å²) in [4.78, 5) is 53.5. The molecule has 12 heteroatoms. The number of likely N-dealkylation sites (tertiary alicyclic amines) is 1. The van der Waals surface area contributed by atoms with Crippen LogP contribution in [0, 0.1) is 13.8 Å². The summed E-state index contributed by atoms with van der Waals surface area (Å²) in [5.74, 6) is -0.277. The number of nitrogens with one attached hydrogen (secondary N) is 1. The molecule has 1 fully saturated rings. The maximum absolute atomic E-state index is 15.6. The molecule has 4 aromatic rings. The van der Waals surface area contributed by atoms with E-state index in [0.717, 1.165) is 16.7 Å². The predicted octanol–water partition coefficient (Wildman–Crippen LogP) is 4.83. The molecule has 1 aromatic carbocycles. The number of aromatic nitrogens is 5. The fourth-order valence-corrected chi connectivity index (χ4v) is 5.33. The van der Waals surface area contributed by atoms with Gasteiger partial charge < -0.3 is 10.2 Å². The van der Waals surface area contributed by atoms with Gasteiger partial charge in [0, 0.05) is 36.7 Å². The first kappa shape index (κ1) is 28.5. The summed E-state index contributed by atoms with van der Waals surface area (Å²) < 4.78 is 17.6. The lowest BCUT2D eigenvalue weighted by atomic mass is 9.99. The van der Waals surface area contributed by atoms with Gasteiger partial charge in [-0.15, -0.1) is 0 Å². The molecule has 2 atom stereocenters. The van der Waals surface area contributed by atoms with Crippen molar-refractivity contribution in [3.8, 4) is 11.1 Å².